The summed E-state index contributed by atoms with van der Waals surface area (Å²) in [6, 6.07) is 4.68. The maximum Gasteiger partial charge on any atom is 0.0449 e. The van der Waals surface area contributed by atoms with Crippen LogP contribution in [-0.4, -0.2) is 17.6 Å². The molecule has 2 unspecified atom stereocenters. The minimum atomic E-state index is 0.467. The Bertz CT molecular complexity index is 283. The number of aromatic nitrogens is 1. The van der Waals surface area contributed by atoms with Crippen molar-refractivity contribution < 1.29 is 0 Å². The second-order valence-corrected chi connectivity index (χ2v) is 3.89. The first-order chi connectivity index (χ1) is 6.65. The Kier molecular flexibility index (Phi) is 4.08. The zero-order valence-corrected chi connectivity index (χ0v) is 9.54. The zero-order chi connectivity index (χ0) is 10.6. The maximum absolute atomic E-state index is 4.40. The van der Waals surface area contributed by atoms with E-state index in [2.05, 4.69) is 44.1 Å². The number of aryl methyl sites for hydroxylation is 1. The van der Waals surface area contributed by atoms with Crippen LogP contribution in [0.2, 0.25) is 0 Å². The summed E-state index contributed by atoms with van der Waals surface area (Å²) >= 11 is 0. The molecule has 0 bridgehead atoms. The summed E-state index contributed by atoms with van der Waals surface area (Å²) in [4.78, 5) is 4.40. The molecule has 0 radical (unpaired) electrons. The van der Waals surface area contributed by atoms with Crippen molar-refractivity contribution in [2.24, 2.45) is 0 Å². The van der Waals surface area contributed by atoms with Crippen LogP contribution in [0.25, 0.3) is 0 Å². The van der Waals surface area contributed by atoms with Gasteiger partial charge in [0.25, 0.3) is 0 Å². The Morgan fingerprint density at radius 1 is 1.43 bits per heavy atom. The summed E-state index contributed by atoms with van der Waals surface area (Å²) in [5, 5.41) is 3.42. The van der Waals surface area contributed by atoms with Gasteiger partial charge in [0, 0.05) is 23.9 Å². The van der Waals surface area contributed by atoms with Crippen LogP contribution in [0.15, 0.2) is 18.3 Å². The van der Waals surface area contributed by atoms with Gasteiger partial charge in [-0.1, -0.05) is 13.8 Å². The van der Waals surface area contributed by atoms with Crippen LogP contribution < -0.4 is 5.32 Å². The molecular weight excluding hydrogens is 172 g/mol. The lowest BCUT2D eigenvalue weighted by Crippen LogP contribution is -2.30. The molecule has 0 amide bonds. The highest BCUT2D eigenvalue weighted by Gasteiger charge is 2.13. The van der Waals surface area contributed by atoms with Gasteiger partial charge in [-0.15, -0.1) is 0 Å². The van der Waals surface area contributed by atoms with E-state index < -0.39 is 0 Å². The number of likely N-dealkylation sites (N-methyl/N-ethyl adjacent to an activating group) is 1. The van der Waals surface area contributed by atoms with E-state index in [9.17, 15) is 0 Å². The number of rotatable bonds is 4. The van der Waals surface area contributed by atoms with E-state index >= 15 is 0 Å². The smallest absolute Gasteiger partial charge is 0.0449 e. The molecule has 1 rings (SSSR count). The first kappa shape index (κ1) is 11.2. The fourth-order valence-corrected chi connectivity index (χ4v) is 1.56. The number of nitrogens with zero attached hydrogens (tertiary/aromatic N) is 1. The number of pyridine rings is 1. The van der Waals surface area contributed by atoms with Gasteiger partial charge in [0.1, 0.15) is 0 Å². The fraction of sp³-hybridized carbons (Fsp3) is 0.583. The van der Waals surface area contributed by atoms with Crippen molar-refractivity contribution in [1.29, 1.82) is 0 Å². The molecule has 1 N–H and O–H groups in total. The van der Waals surface area contributed by atoms with E-state index in [-0.39, 0.29) is 0 Å². The predicted octanol–water partition coefficient (Wildman–Crippen LogP) is 2.49. The van der Waals surface area contributed by atoms with E-state index in [1.54, 1.807) is 0 Å². The molecule has 0 saturated heterocycles. The molecule has 0 aromatic carbocycles. The highest BCUT2D eigenvalue weighted by molar-refractivity contribution is 5.18. The van der Waals surface area contributed by atoms with Crippen molar-refractivity contribution in [3.8, 4) is 0 Å². The third-order valence-corrected chi connectivity index (χ3v) is 2.68. The summed E-state index contributed by atoms with van der Waals surface area (Å²) < 4.78 is 0. The van der Waals surface area contributed by atoms with Crippen LogP contribution in [0.5, 0.6) is 0 Å². The number of nitrogens with one attached hydrogen (secondary N) is 1. The Labute approximate surface area is 86.8 Å². The third kappa shape index (κ3) is 2.81. The minimum Gasteiger partial charge on any atom is -0.314 e. The van der Waals surface area contributed by atoms with Crippen molar-refractivity contribution in [3.63, 3.8) is 0 Å². The van der Waals surface area contributed by atoms with Crippen LogP contribution in [0.3, 0.4) is 0 Å². The molecule has 0 aliphatic carbocycles. The van der Waals surface area contributed by atoms with Crippen molar-refractivity contribution >= 4 is 0 Å². The zero-order valence-electron chi connectivity index (χ0n) is 9.54. The average molecular weight is 192 g/mol. The molecule has 1 heterocycles. The van der Waals surface area contributed by atoms with Gasteiger partial charge in [-0.25, -0.2) is 0 Å². The van der Waals surface area contributed by atoms with Crippen molar-refractivity contribution in [2.75, 3.05) is 6.54 Å². The Morgan fingerprint density at radius 3 is 2.71 bits per heavy atom. The van der Waals surface area contributed by atoms with Gasteiger partial charge < -0.3 is 5.32 Å². The standard InChI is InChI=1S/C12H20N2/c1-5-13-11(4)10(3)12-8-9(2)6-7-14-12/h6-8,10-11,13H,5H2,1-4H3. The lowest BCUT2D eigenvalue weighted by molar-refractivity contribution is 0.487. The van der Waals surface area contributed by atoms with Gasteiger partial charge in [-0.05, 0) is 38.1 Å². The molecule has 78 valence electrons. The van der Waals surface area contributed by atoms with Gasteiger partial charge in [0.2, 0.25) is 0 Å². The summed E-state index contributed by atoms with van der Waals surface area (Å²) in [6.45, 7) is 9.67. The molecule has 2 heteroatoms. The van der Waals surface area contributed by atoms with E-state index in [1.807, 2.05) is 12.3 Å². The van der Waals surface area contributed by atoms with Crippen LogP contribution >= 0.6 is 0 Å². The highest BCUT2D eigenvalue weighted by Crippen LogP contribution is 2.17. The molecule has 0 saturated carbocycles. The SMILES string of the molecule is CCNC(C)C(C)c1cc(C)ccn1. The highest BCUT2D eigenvalue weighted by atomic mass is 14.9. The molecule has 1 aromatic rings. The van der Waals surface area contributed by atoms with Crippen LogP contribution in [0.1, 0.15) is 37.9 Å². The van der Waals surface area contributed by atoms with E-state index in [0.29, 0.717) is 12.0 Å². The fourth-order valence-electron chi connectivity index (χ4n) is 1.56. The normalized spacial score (nSPS) is 15.1. The first-order valence-corrected chi connectivity index (χ1v) is 5.31. The Balaban J connectivity index is 2.73. The third-order valence-electron chi connectivity index (χ3n) is 2.68. The van der Waals surface area contributed by atoms with Gasteiger partial charge >= 0.3 is 0 Å². The molecule has 2 atom stereocenters. The van der Waals surface area contributed by atoms with Crippen molar-refractivity contribution in [3.05, 3.63) is 29.6 Å². The van der Waals surface area contributed by atoms with Crippen molar-refractivity contribution in [2.45, 2.75) is 39.7 Å². The number of hydrogen-bond donors (Lipinski definition) is 1. The molecule has 2 nitrogen and oxygen atoms in total. The van der Waals surface area contributed by atoms with E-state index in [4.69, 9.17) is 0 Å². The second-order valence-electron chi connectivity index (χ2n) is 3.89. The molecule has 0 spiro atoms. The van der Waals surface area contributed by atoms with E-state index in [1.165, 1.54) is 11.3 Å². The maximum atomic E-state index is 4.40. The summed E-state index contributed by atoms with van der Waals surface area (Å²) in [6.07, 6.45) is 1.89. The molecule has 14 heavy (non-hydrogen) atoms. The first-order valence-electron chi connectivity index (χ1n) is 5.31. The topological polar surface area (TPSA) is 24.9 Å². The summed E-state index contributed by atoms with van der Waals surface area (Å²) in [7, 11) is 0. The van der Waals surface area contributed by atoms with E-state index in [0.717, 1.165) is 6.54 Å². The van der Waals surface area contributed by atoms with Gasteiger partial charge in [-0.2, -0.15) is 0 Å². The van der Waals surface area contributed by atoms with Gasteiger partial charge in [-0.3, -0.25) is 4.98 Å². The molecule has 0 fully saturated rings. The summed E-state index contributed by atoms with van der Waals surface area (Å²) in [5.74, 6) is 0.467. The number of hydrogen-bond acceptors (Lipinski definition) is 2. The second kappa shape index (κ2) is 5.11. The molecule has 1 aromatic heterocycles. The van der Waals surface area contributed by atoms with Crippen molar-refractivity contribution in [1.82, 2.24) is 10.3 Å². The van der Waals surface area contributed by atoms with Gasteiger partial charge in [0.15, 0.2) is 0 Å². The monoisotopic (exact) mass is 192 g/mol. The molecule has 0 aliphatic heterocycles. The predicted molar refractivity (Wildman–Crippen MR) is 60.5 cm³/mol. The Morgan fingerprint density at radius 2 is 2.14 bits per heavy atom. The van der Waals surface area contributed by atoms with Crippen LogP contribution in [0.4, 0.5) is 0 Å². The quantitative estimate of drug-likeness (QED) is 0.792. The summed E-state index contributed by atoms with van der Waals surface area (Å²) in [5.41, 5.74) is 2.46. The van der Waals surface area contributed by atoms with Gasteiger partial charge in [0.05, 0.1) is 0 Å². The lowest BCUT2D eigenvalue weighted by atomic mass is 9.98. The lowest BCUT2D eigenvalue weighted by Gasteiger charge is -2.20. The molecule has 0 aliphatic rings. The average Bonchev–Trinajstić information content (AvgIpc) is 2.17. The minimum absolute atomic E-state index is 0.467. The van der Waals surface area contributed by atoms with Crippen LogP contribution in [0, 0.1) is 6.92 Å². The molecular formula is C12H20N2. The largest absolute Gasteiger partial charge is 0.314 e. The van der Waals surface area contributed by atoms with Crippen LogP contribution in [-0.2, 0) is 0 Å². The Hall–Kier alpha value is -0.890.